The van der Waals surface area contributed by atoms with Gasteiger partial charge in [0, 0.05) is 36.9 Å². The number of H-pyrrole nitrogens is 2. The zero-order chi connectivity index (χ0) is 23.7. The number of aliphatic hydroxyl groups is 1. The Balaban J connectivity index is 1.46. The molecule has 1 fully saturated rings. The largest absolute Gasteiger partial charge is 0.387 e. The fraction of sp³-hybridized carbons (Fsp3) is 0.292. The lowest BCUT2D eigenvalue weighted by Crippen LogP contribution is -2.36. The molecule has 1 aliphatic heterocycles. The van der Waals surface area contributed by atoms with Crippen LogP contribution in [0.3, 0.4) is 0 Å². The fourth-order valence-corrected chi connectivity index (χ4v) is 4.32. The topological polar surface area (TPSA) is 119 Å². The highest BCUT2D eigenvalue weighted by molar-refractivity contribution is 6.30. The highest BCUT2D eigenvalue weighted by Crippen LogP contribution is 2.28. The maximum absolute atomic E-state index is 12.8. The van der Waals surface area contributed by atoms with E-state index in [1.165, 1.54) is 0 Å². The first kappa shape index (κ1) is 22.4. The maximum atomic E-state index is 12.8. The van der Waals surface area contributed by atoms with E-state index < -0.39 is 6.10 Å². The number of aryl methyl sites for hydroxylation is 1. The first-order chi connectivity index (χ1) is 16.5. The van der Waals surface area contributed by atoms with Gasteiger partial charge >= 0.3 is 0 Å². The summed E-state index contributed by atoms with van der Waals surface area (Å²) >= 11 is 6.04. The quantitative estimate of drug-likeness (QED) is 0.334. The summed E-state index contributed by atoms with van der Waals surface area (Å²) in [7, 11) is 0. The molecule has 1 unspecified atom stereocenters. The minimum Gasteiger partial charge on any atom is -0.387 e. The zero-order valence-electron chi connectivity index (χ0n) is 18.6. The van der Waals surface area contributed by atoms with Crippen molar-refractivity contribution in [3.63, 3.8) is 0 Å². The van der Waals surface area contributed by atoms with Crippen LogP contribution in [0.1, 0.15) is 17.4 Å². The van der Waals surface area contributed by atoms with Crippen LogP contribution in [0.5, 0.6) is 0 Å². The van der Waals surface area contributed by atoms with Gasteiger partial charge in [-0.2, -0.15) is 0 Å². The van der Waals surface area contributed by atoms with Gasteiger partial charge < -0.3 is 30.0 Å². The Bertz CT molecular complexity index is 1380. The van der Waals surface area contributed by atoms with E-state index >= 15 is 0 Å². The molecule has 34 heavy (non-hydrogen) atoms. The number of aromatic nitrogens is 4. The lowest BCUT2D eigenvalue weighted by molar-refractivity contribution is 0.122. The molecule has 0 aliphatic carbocycles. The van der Waals surface area contributed by atoms with E-state index in [1.54, 1.807) is 36.5 Å². The lowest BCUT2D eigenvalue weighted by Gasteiger charge is -2.27. The zero-order valence-corrected chi connectivity index (χ0v) is 19.4. The number of rotatable bonds is 6. The number of anilines is 2. The highest BCUT2D eigenvalue weighted by atomic mass is 35.5. The van der Waals surface area contributed by atoms with Crippen molar-refractivity contribution in [3.8, 4) is 11.4 Å². The molecule has 0 radical (unpaired) electrons. The number of morpholine rings is 1. The summed E-state index contributed by atoms with van der Waals surface area (Å²) in [5.41, 5.74) is 3.61. The predicted octanol–water partition coefficient (Wildman–Crippen LogP) is 3.26. The molecule has 1 atom stereocenters. The molecule has 10 heteroatoms. The van der Waals surface area contributed by atoms with Crippen LogP contribution in [0.15, 0.2) is 47.4 Å². The molecule has 1 aliphatic rings. The first-order valence-corrected chi connectivity index (χ1v) is 11.5. The number of hydrogen-bond acceptors (Lipinski definition) is 7. The van der Waals surface area contributed by atoms with Crippen molar-refractivity contribution >= 4 is 34.1 Å². The summed E-state index contributed by atoms with van der Waals surface area (Å²) in [6.45, 7) is 5.00. The van der Waals surface area contributed by atoms with Gasteiger partial charge in [-0.3, -0.25) is 4.79 Å². The number of hydrogen-bond donors (Lipinski definition) is 4. The molecule has 4 N–H and O–H groups in total. The third-order valence-corrected chi connectivity index (χ3v) is 6.12. The summed E-state index contributed by atoms with van der Waals surface area (Å²) in [4.78, 5) is 30.4. The van der Waals surface area contributed by atoms with Gasteiger partial charge in [-0.1, -0.05) is 23.7 Å². The monoisotopic (exact) mass is 480 g/mol. The van der Waals surface area contributed by atoms with Gasteiger partial charge in [-0.05, 0) is 30.7 Å². The molecular formula is C24H25ClN6O3. The summed E-state index contributed by atoms with van der Waals surface area (Å²) in [5.74, 6) is 1.29. The third-order valence-electron chi connectivity index (χ3n) is 5.88. The number of fused-ring (bicyclic) bond motifs is 1. The van der Waals surface area contributed by atoms with Gasteiger partial charge in [-0.25, -0.2) is 9.97 Å². The smallest absolute Gasteiger partial charge is 0.261 e. The molecule has 9 nitrogen and oxygen atoms in total. The number of halogens is 1. The van der Waals surface area contributed by atoms with E-state index in [1.807, 2.05) is 13.0 Å². The van der Waals surface area contributed by atoms with Gasteiger partial charge in [-0.15, -0.1) is 0 Å². The van der Waals surface area contributed by atoms with Crippen molar-refractivity contribution in [2.24, 2.45) is 0 Å². The first-order valence-electron chi connectivity index (χ1n) is 11.1. The average Bonchev–Trinajstić information content (AvgIpc) is 3.27. The van der Waals surface area contributed by atoms with Crippen LogP contribution in [-0.4, -0.2) is 57.9 Å². The van der Waals surface area contributed by atoms with Gasteiger partial charge in [0.2, 0.25) is 0 Å². The van der Waals surface area contributed by atoms with E-state index in [0.29, 0.717) is 46.4 Å². The van der Waals surface area contributed by atoms with Gasteiger partial charge in [0.25, 0.3) is 5.56 Å². The van der Waals surface area contributed by atoms with E-state index in [2.05, 4.69) is 25.2 Å². The Morgan fingerprint density at radius 2 is 2.06 bits per heavy atom. The number of ether oxygens (including phenoxy) is 1. The van der Waals surface area contributed by atoms with Crippen LogP contribution in [0, 0.1) is 6.92 Å². The normalized spacial score (nSPS) is 15.0. The Kier molecular flexibility index (Phi) is 6.23. The predicted molar refractivity (Wildman–Crippen MR) is 133 cm³/mol. The molecule has 1 aromatic carbocycles. The number of benzene rings is 1. The van der Waals surface area contributed by atoms with Crippen molar-refractivity contribution in [2.75, 3.05) is 43.1 Å². The van der Waals surface area contributed by atoms with Crippen LogP contribution in [-0.2, 0) is 4.74 Å². The highest BCUT2D eigenvalue weighted by Gasteiger charge is 2.19. The second-order valence-electron chi connectivity index (χ2n) is 8.19. The lowest BCUT2D eigenvalue weighted by atomic mass is 10.1. The van der Waals surface area contributed by atoms with Crippen molar-refractivity contribution in [2.45, 2.75) is 13.0 Å². The van der Waals surface area contributed by atoms with E-state index in [-0.39, 0.29) is 12.1 Å². The number of nitrogens with zero attached hydrogens (tertiary/aromatic N) is 3. The Morgan fingerprint density at radius 3 is 2.85 bits per heavy atom. The molecule has 1 saturated heterocycles. The Morgan fingerprint density at radius 1 is 1.24 bits per heavy atom. The van der Waals surface area contributed by atoms with Crippen molar-refractivity contribution in [3.05, 3.63) is 69.2 Å². The van der Waals surface area contributed by atoms with Gasteiger partial charge in [0.05, 0.1) is 36.2 Å². The molecule has 4 aromatic rings. The molecule has 0 amide bonds. The third kappa shape index (κ3) is 4.50. The SMILES string of the molecule is Cc1nc(N2CCOCC2)cc2[nH]c(-c3c(NCC(O)c4cccc(Cl)c4)cc[nH]c3=O)nc12. The average molecular weight is 481 g/mol. The van der Waals surface area contributed by atoms with Crippen LogP contribution < -0.4 is 15.8 Å². The number of aliphatic hydroxyl groups excluding tert-OH is 1. The summed E-state index contributed by atoms with van der Waals surface area (Å²) in [6.07, 6.45) is 0.760. The molecule has 0 saturated carbocycles. The van der Waals surface area contributed by atoms with Crippen LogP contribution in [0.2, 0.25) is 5.02 Å². The van der Waals surface area contributed by atoms with Crippen molar-refractivity contribution in [1.82, 2.24) is 19.9 Å². The standard InChI is InChI=1S/C24H25ClN6O3/c1-14-22-18(12-20(28-14)31-7-9-34-10-8-31)29-23(30-22)21-17(5-6-26-24(21)33)27-13-19(32)15-3-2-4-16(25)11-15/h2-6,11-12,19,32H,7-10,13H2,1H3,(H,29,30)(H2,26,27,33). The minimum absolute atomic E-state index is 0.193. The van der Waals surface area contributed by atoms with Crippen LogP contribution >= 0.6 is 11.6 Å². The summed E-state index contributed by atoms with van der Waals surface area (Å²) in [6, 6.07) is 10.8. The van der Waals surface area contributed by atoms with Gasteiger partial charge in [0.15, 0.2) is 0 Å². The Labute approximate surface area is 200 Å². The van der Waals surface area contributed by atoms with Crippen LogP contribution in [0.25, 0.3) is 22.4 Å². The van der Waals surface area contributed by atoms with Gasteiger partial charge in [0.1, 0.15) is 22.7 Å². The summed E-state index contributed by atoms with van der Waals surface area (Å²) < 4.78 is 5.44. The molecule has 0 spiro atoms. The number of nitrogens with one attached hydrogen (secondary N) is 3. The number of aromatic amines is 2. The number of imidazole rings is 1. The second kappa shape index (κ2) is 9.46. The molecule has 4 heterocycles. The van der Waals surface area contributed by atoms with E-state index in [0.717, 1.165) is 30.1 Å². The molecule has 3 aromatic heterocycles. The van der Waals surface area contributed by atoms with Crippen molar-refractivity contribution < 1.29 is 9.84 Å². The molecular weight excluding hydrogens is 456 g/mol. The van der Waals surface area contributed by atoms with E-state index in [9.17, 15) is 9.90 Å². The maximum Gasteiger partial charge on any atom is 0.261 e. The Hall–Kier alpha value is -3.40. The second-order valence-corrected chi connectivity index (χ2v) is 8.63. The minimum atomic E-state index is -0.802. The van der Waals surface area contributed by atoms with E-state index in [4.69, 9.17) is 21.3 Å². The molecule has 176 valence electrons. The fourth-order valence-electron chi connectivity index (χ4n) is 4.13. The van der Waals surface area contributed by atoms with Crippen molar-refractivity contribution in [1.29, 1.82) is 0 Å². The number of pyridine rings is 2. The molecule has 5 rings (SSSR count). The summed E-state index contributed by atoms with van der Waals surface area (Å²) in [5, 5.41) is 14.3. The van der Waals surface area contributed by atoms with Crippen LogP contribution in [0.4, 0.5) is 11.5 Å². The molecule has 0 bridgehead atoms.